The van der Waals surface area contributed by atoms with Crippen LogP contribution in [0, 0.1) is 0 Å². The minimum Gasteiger partial charge on any atom is -0.396 e. The summed E-state index contributed by atoms with van der Waals surface area (Å²) in [5.41, 5.74) is 0. The first-order valence-electron chi connectivity index (χ1n) is 5.38. The Kier molecular flexibility index (Phi) is 9.03. The first-order valence-corrected chi connectivity index (χ1v) is 6.01. The van der Waals surface area contributed by atoms with Gasteiger partial charge in [-0.25, -0.2) is 0 Å². The van der Waals surface area contributed by atoms with Gasteiger partial charge in [0.2, 0.25) is 11.8 Å². The van der Waals surface area contributed by atoms with Crippen LogP contribution >= 0.6 is 12.6 Å². The molecule has 0 spiro atoms. The SMILES string of the molecule is CC(=O)NC(CS)C(=O)NCCCCCO. The second kappa shape index (κ2) is 9.47. The first kappa shape index (κ1) is 15.2. The zero-order valence-corrected chi connectivity index (χ0v) is 10.4. The summed E-state index contributed by atoms with van der Waals surface area (Å²) in [6.45, 7) is 2.10. The molecule has 94 valence electrons. The lowest BCUT2D eigenvalue weighted by molar-refractivity contribution is -0.127. The normalized spacial score (nSPS) is 11.9. The van der Waals surface area contributed by atoms with Crippen LogP contribution in [-0.4, -0.2) is 41.9 Å². The van der Waals surface area contributed by atoms with Crippen LogP contribution in [0.2, 0.25) is 0 Å². The van der Waals surface area contributed by atoms with E-state index in [1.807, 2.05) is 0 Å². The summed E-state index contributed by atoms with van der Waals surface area (Å²) in [5, 5.41) is 13.8. The Hall–Kier alpha value is -0.750. The number of rotatable bonds is 8. The summed E-state index contributed by atoms with van der Waals surface area (Å²) in [6, 6.07) is -0.571. The van der Waals surface area contributed by atoms with Gasteiger partial charge < -0.3 is 15.7 Å². The molecule has 0 heterocycles. The summed E-state index contributed by atoms with van der Waals surface area (Å²) in [5.74, 6) is -0.175. The molecule has 0 aromatic rings. The molecule has 0 aliphatic heterocycles. The van der Waals surface area contributed by atoms with E-state index in [4.69, 9.17) is 5.11 Å². The van der Waals surface area contributed by atoms with Crippen LogP contribution in [0.25, 0.3) is 0 Å². The smallest absolute Gasteiger partial charge is 0.243 e. The highest BCUT2D eigenvalue weighted by Gasteiger charge is 2.16. The fourth-order valence-electron chi connectivity index (χ4n) is 1.19. The highest BCUT2D eigenvalue weighted by Crippen LogP contribution is 1.93. The van der Waals surface area contributed by atoms with Gasteiger partial charge in [-0.1, -0.05) is 0 Å². The van der Waals surface area contributed by atoms with E-state index < -0.39 is 6.04 Å². The van der Waals surface area contributed by atoms with Gasteiger partial charge in [0, 0.05) is 25.8 Å². The van der Waals surface area contributed by atoms with E-state index in [2.05, 4.69) is 23.3 Å². The van der Waals surface area contributed by atoms with Crippen molar-refractivity contribution < 1.29 is 14.7 Å². The second-order valence-corrected chi connectivity index (χ2v) is 3.88. The molecule has 16 heavy (non-hydrogen) atoms. The highest BCUT2D eigenvalue weighted by molar-refractivity contribution is 7.80. The maximum Gasteiger partial charge on any atom is 0.243 e. The fourth-order valence-corrected chi connectivity index (χ4v) is 1.44. The molecular formula is C10H20N2O3S. The Labute approximate surface area is 101 Å². The number of hydrogen-bond acceptors (Lipinski definition) is 4. The molecule has 0 aromatic carbocycles. The second-order valence-electron chi connectivity index (χ2n) is 3.51. The first-order chi connectivity index (χ1) is 7.61. The topological polar surface area (TPSA) is 78.4 Å². The van der Waals surface area contributed by atoms with Crippen LogP contribution in [0.5, 0.6) is 0 Å². The summed E-state index contributed by atoms with van der Waals surface area (Å²) in [4.78, 5) is 22.3. The van der Waals surface area contributed by atoms with Gasteiger partial charge >= 0.3 is 0 Å². The maximum atomic E-state index is 11.5. The van der Waals surface area contributed by atoms with E-state index in [1.54, 1.807) is 0 Å². The van der Waals surface area contributed by atoms with Crippen LogP contribution in [0.4, 0.5) is 0 Å². The Morgan fingerprint density at radius 1 is 1.31 bits per heavy atom. The minimum absolute atomic E-state index is 0.180. The monoisotopic (exact) mass is 248 g/mol. The molecule has 6 heteroatoms. The van der Waals surface area contributed by atoms with Crippen molar-refractivity contribution in [2.75, 3.05) is 18.9 Å². The predicted molar refractivity (Wildman–Crippen MR) is 65.4 cm³/mol. The van der Waals surface area contributed by atoms with Crippen LogP contribution in [0.15, 0.2) is 0 Å². The van der Waals surface area contributed by atoms with E-state index in [-0.39, 0.29) is 24.2 Å². The van der Waals surface area contributed by atoms with Crippen molar-refractivity contribution in [3.05, 3.63) is 0 Å². The van der Waals surface area contributed by atoms with Gasteiger partial charge in [0.05, 0.1) is 0 Å². The Morgan fingerprint density at radius 2 is 2.00 bits per heavy atom. The number of carbonyl (C=O) groups is 2. The number of unbranched alkanes of at least 4 members (excludes halogenated alkanes) is 2. The Bertz CT molecular complexity index is 224. The minimum atomic E-state index is -0.571. The largest absolute Gasteiger partial charge is 0.396 e. The standard InChI is InChI=1S/C10H20N2O3S/c1-8(14)12-9(7-16)10(15)11-5-3-2-4-6-13/h9,13,16H,2-7H2,1H3,(H,11,15)(H,12,14). The van der Waals surface area contributed by atoms with Gasteiger partial charge in [-0.2, -0.15) is 12.6 Å². The molecule has 0 aliphatic rings. The number of amides is 2. The van der Waals surface area contributed by atoms with Gasteiger partial charge in [-0.05, 0) is 19.3 Å². The lowest BCUT2D eigenvalue weighted by atomic mass is 10.2. The molecule has 0 aromatic heterocycles. The van der Waals surface area contributed by atoms with Crippen molar-refractivity contribution in [2.45, 2.75) is 32.2 Å². The molecule has 0 bridgehead atoms. The third kappa shape index (κ3) is 7.53. The number of aliphatic hydroxyl groups excluding tert-OH is 1. The van der Waals surface area contributed by atoms with Gasteiger partial charge in [0.15, 0.2) is 0 Å². The Morgan fingerprint density at radius 3 is 2.50 bits per heavy atom. The van der Waals surface area contributed by atoms with Crippen LogP contribution in [-0.2, 0) is 9.59 Å². The fraction of sp³-hybridized carbons (Fsp3) is 0.800. The average molecular weight is 248 g/mol. The van der Waals surface area contributed by atoms with Gasteiger partial charge in [-0.3, -0.25) is 9.59 Å². The molecule has 5 nitrogen and oxygen atoms in total. The summed E-state index contributed by atoms with van der Waals surface area (Å²) < 4.78 is 0. The van der Waals surface area contributed by atoms with Gasteiger partial charge in [0.1, 0.15) is 6.04 Å². The number of aliphatic hydroxyl groups is 1. The molecular weight excluding hydrogens is 228 g/mol. The summed E-state index contributed by atoms with van der Waals surface area (Å²) >= 11 is 4.00. The lowest BCUT2D eigenvalue weighted by Gasteiger charge is -2.15. The average Bonchev–Trinajstić information content (AvgIpc) is 2.25. The van der Waals surface area contributed by atoms with Crippen molar-refractivity contribution in [1.82, 2.24) is 10.6 Å². The lowest BCUT2D eigenvalue weighted by Crippen LogP contribution is -2.47. The van der Waals surface area contributed by atoms with Crippen molar-refractivity contribution in [2.24, 2.45) is 0 Å². The Balaban J connectivity index is 3.71. The van der Waals surface area contributed by atoms with E-state index in [0.29, 0.717) is 6.54 Å². The molecule has 0 saturated carbocycles. The molecule has 0 radical (unpaired) electrons. The van der Waals surface area contributed by atoms with E-state index in [1.165, 1.54) is 6.92 Å². The summed E-state index contributed by atoms with van der Waals surface area (Å²) in [6.07, 6.45) is 2.45. The van der Waals surface area contributed by atoms with Crippen molar-refractivity contribution in [3.63, 3.8) is 0 Å². The molecule has 2 amide bonds. The van der Waals surface area contributed by atoms with E-state index in [9.17, 15) is 9.59 Å². The number of thiol groups is 1. The quantitative estimate of drug-likeness (QED) is 0.352. The van der Waals surface area contributed by atoms with Crippen molar-refractivity contribution in [3.8, 4) is 0 Å². The van der Waals surface area contributed by atoms with Crippen LogP contribution in [0.3, 0.4) is 0 Å². The molecule has 1 unspecified atom stereocenters. The maximum absolute atomic E-state index is 11.5. The van der Waals surface area contributed by atoms with Crippen molar-refractivity contribution in [1.29, 1.82) is 0 Å². The third-order valence-electron chi connectivity index (χ3n) is 2.01. The predicted octanol–water partition coefficient (Wildman–Crippen LogP) is -0.300. The third-order valence-corrected chi connectivity index (χ3v) is 2.38. The van der Waals surface area contributed by atoms with Crippen LogP contribution < -0.4 is 10.6 Å². The van der Waals surface area contributed by atoms with E-state index in [0.717, 1.165) is 19.3 Å². The molecule has 0 saturated heterocycles. The molecule has 1 atom stereocenters. The number of nitrogens with one attached hydrogen (secondary N) is 2. The molecule has 0 fully saturated rings. The molecule has 0 rings (SSSR count). The summed E-state index contributed by atoms with van der Waals surface area (Å²) in [7, 11) is 0. The highest BCUT2D eigenvalue weighted by atomic mass is 32.1. The van der Waals surface area contributed by atoms with Gasteiger partial charge in [-0.15, -0.1) is 0 Å². The zero-order chi connectivity index (χ0) is 12.4. The van der Waals surface area contributed by atoms with Gasteiger partial charge in [0.25, 0.3) is 0 Å². The number of carbonyl (C=O) groups excluding carboxylic acids is 2. The molecule has 3 N–H and O–H groups in total. The van der Waals surface area contributed by atoms with Crippen molar-refractivity contribution >= 4 is 24.4 Å². The zero-order valence-electron chi connectivity index (χ0n) is 9.53. The molecule has 0 aliphatic carbocycles. The number of hydrogen-bond donors (Lipinski definition) is 4. The van der Waals surface area contributed by atoms with E-state index >= 15 is 0 Å². The van der Waals surface area contributed by atoms with Crippen LogP contribution in [0.1, 0.15) is 26.2 Å².